The molecule has 0 aliphatic heterocycles. The lowest BCUT2D eigenvalue weighted by atomic mass is 9.84. The van der Waals surface area contributed by atoms with E-state index in [-0.39, 0.29) is 0 Å². The second-order valence-corrected chi connectivity index (χ2v) is 13.2. The van der Waals surface area contributed by atoms with E-state index in [9.17, 15) is 0 Å². The largest absolute Gasteiger partial charge is 0.455 e. The standard InChI is InChI=1S/C48H28O2/c1-2-13-30-26-32(25-24-29(30)12-1)31-14-11-15-33(27-31)44-36-18-3-5-20-38(36)45(39-21-6-4-19-37(39)44)46-47-40(34-16-7-9-22-42(34)49-47)28-41-35-17-8-10-23-43(35)50-48(41)46/h1-28H. The topological polar surface area (TPSA) is 26.3 Å². The van der Waals surface area contributed by atoms with E-state index in [2.05, 4.69) is 158 Å². The molecule has 2 heterocycles. The van der Waals surface area contributed by atoms with Gasteiger partial charge in [0, 0.05) is 27.1 Å². The molecule has 11 rings (SSSR count). The Balaban J connectivity index is 1.26. The summed E-state index contributed by atoms with van der Waals surface area (Å²) < 4.78 is 13.6. The number of para-hydroxylation sites is 2. The predicted molar refractivity (Wildman–Crippen MR) is 210 cm³/mol. The van der Waals surface area contributed by atoms with Crippen molar-refractivity contribution >= 4 is 76.2 Å². The highest BCUT2D eigenvalue weighted by molar-refractivity contribution is 6.29. The summed E-state index contributed by atoms with van der Waals surface area (Å²) in [6, 6.07) is 60.8. The van der Waals surface area contributed by atoms with Crippen LogP contribution in [0.5, 0.6) is 0 Å². The van der Waals surface area contributed by atoms with Crippen molar-refractivity contribution in [3.8, 4) is 33.4 Å². The molecule has 0 aliphatic rings. The van der Waals surface area contributed by atoms with E-state index in [0.717, 1.165) is 65.8 Å². The molecule has 232 valence electrons. The first-order chi connectivity index (χ1) is 24.8. The average Bonchev–Trinajstić information content (AvgIpc) is 3.74. The summed E-state index contributed by atoms with van der Waals surface area (Å²) in [5, 5.41) is 11.6. The van der Waals surface area contributed by atoms with E-state index >= 15 is 0 Å². The van der Waals surface area contributed by atoms with Crippen LogP contribution in [0.15, 0.2) is 179 Å². The van der Waals surface area contributed by atoms with Crippen LogP contribution >= 0.6 is 0 Å². The monoisotopic (exact) mass is 636 g/mol. The van der Waals surface area contributed by atoms with E-state index in [1.807, 2.05) is 12.1 Å². The zero-order valence-corrected chi connectivity index (χ0v) is 27.0. The SMILES string of the molecule is c1cc(-c2ccc3ccccc3c2)cc(-c2c3ccccc3c(-c3c4oc5ccccc5c4cc4c3oc3ccccc34)c3ccccc23)c1. The molecule has 9 aromatic carbocycles. The summed E-state index contributed by atoms with van der Waals surface area (Å²) in [6.45, 7) is 0. The minimum Gasteiger partial charge on any atom is -0.455 e. The molecular weight excluding hydrogens is 609 g/mol. The average molecular weight is 637 g/mol. The summed E-state index contributed by atoms with van der Waals surface area (Å²) in [5.74, 6) is 0. The van der Waals surface area contributed by atoms with Crippen molar-refractivity contribution in [2.45, 2.75) is 0 Å². The third-order valence-electron chi connectivity index (χ3n) is 10.4. The van der Waals surface area contributed by atoms with Crippen LogP contribution in [0, 0.1) is 0 Å². The highest BCUT2D eigenvalue weighted by atomic mass is 16.3. The van der Waals surface area contributed by atoms with E-state index in [1.165, 1.54) is 43.8 Å². The number of benzene rings is 9. The summed E-state index contributed by atoms with van der Waals surface area (Å²) in [5.41, 5.74) is 10.4. The molecule has 0 aliphatic carbocycles. The van der Waals surface area contributed by atoms with Crippen LogP contribution < -0.4 is 0 Å². The maximum atomic E-state index is 6.79. The van der Waals surface area contributed by atoms with E-state index < -0.39 is 0 Å². The van der Waals surface area contributed by atoms with Crippen LogP contribution in [-0.2, 0) is 0 Å². The molecule has 0 radical (unpaired) electrons. The lowest BCUT2D eigenvalue weighted by Crippen LogP contribution is -1.92. The van der Waals surface area contributed by atoms with Gasteiger partial charge in [0.05, 0.1) is 5.56 Å². The van der Waals surface area contributed by atoms with Crippen LogP contribution in [-0.4, -0.2) is 0 Å². The Labute approximate surface area is 287 Å². The van der Waals surface area contributed by atoms with Gasteiger partial charge in [-0.05, 0) is 84.9 Å². The molecule has 0 saturated heterocycles. The van der Waals surface area contributed by atoms with E-state index in [4.69, 9.17) is 8.83 Å². The molecular formula is C48H28O2. The summed E-state index contributed by atoms with van der Waals surface area (Å²) >= 11 is 0. The number of hydrogen-bond donors (Lipinski definition) is 0. The molecule has 0 saturated carbocycles. The van der Waals surface area contributed by atoms with Crippen molar-refractivity contribution < 1.29 is 8.83 Å². The van der Waals surface area contributed by atoms with Gasteiger partial charge < -0.3 is 8.83 Å². The van der Waals surface area contributed by atoms with E-state index in [0.29, 0.717) is 0 Å². The zero-order chi connectivity index (χ0) is 32.8. The number of hydrogen-bond acceptors (Lipinski definition) is 2. The van der Waals surface area contributed by atoms with Crippen molar-refractivity contribution in [1.29, 1.82) is 0 Å². The van der Waals surface area contributed by atoms with Gasteiger partial charge >= 0.3 is 0 Å². The predicted octanol–water partition coefficient (Wildman–Crippen LogP) is 13.9. The van der Waals surface area contributed by atoms with Crippen molar-refractivity contribution in [2.75, 3.05) is 0 Å². The molecule has 0 unspecified atom stereocenters. The quantitative estimate of drug-likeness (QED) is 0.180. The molecule has 50 heavy (non-hydrogen) atoms. The van der Waals surface area contributed by atoms with Crippen LogP contribution in [0.25, 0.3) is 110 Å². The normalized spacial score (nSPS) is 12.0. The van der Waals surface area contributed by atoms with Gasteiger partial charge in [-0.2, -0.15) is 0 Å². The van der Waals surface area contributed by atoms with Crippen LogP contribution in [0.2, 0.25) is 0 Å². The van der Waals surface area contributed by atoms with Crippen molar-refractivity contribution in [1.82, 2.24) is 0 Å². The second-order valence-electron chi connectivity index (χ2n) is 13.2. The maximum Gasteiger partial charge on any atom is 0.147 e. The zero-order valence-electron chi connectivity index (χ0n) is 27.0. The highest BCUT2D eigenvalue weighted by Crippen LogP contribution is 2.50. The Morgan fingerprint density at radius 3 is 1.36 bits per heavy atom. The molecule has 2 aromatic heterocycles. The first-order valence-corrected chi connectivity index (χ1v) is 17.1. The fourth-order valence-corrected chi connectivity index (χ4v) is 8.20. The lowest BCUT2D eigenvalue weighted by molar-refractivity contribution is 0.658. The Hall–Kier alpha value is -6.64. The Morgan fingerprint density at radius 1 is 0.260 bits per heavy atom. The lowest BCUT2D eigenvalue weighted by Gasteiger charge is -2.18. The third-order valence-corrected chi connectivity index (χ3v) is 10.4. The molecule has 0 spiro atoms. The van der Waals surface area contributed by atoms with Crippen molar-refractivity contribution in [3.63, 3.8) is 0 Å². The van der Waals surface area contributed by atoms with Gasteiger partial charge in [-0.3, -0.25) is 0 Å². The van der Waals surface area contributed by atoms with Crippen molar-refractivity contribution in [2.24, 2.45) is 0 Å². The molecule has 2 nitrogen and oxygen atoms in total. The maximum absolute atomic E-state index is 6.79. The fourth-order valence-electron chi connectivity index (χ4n) is 8.20. The van der Waals surface area contributed by atoms with Crippen LogP contribution in [0.4, 0.5) is 0 Å². The first kappa shape index (κ1) is 27.3. The second kappa shape index (κ2) is 10.4. The molecule has 0 atom stereocenters. The number of rotatable bonds is 3. The summed E-state index contributed by atoms with van der Waals surface area (Å²) in [7, 11) is 0. The third kappa shape index (κ3) is 3.90. The first-order valence-electron chi connectivity index (χ1n) is 17.1. The van der Waals surface area contributed by atoms with Gasteiger partial charge in [-0.1, -0.05) is 140 Å². The number of furan rings is 2. The van der Waals surface area contributed by atoms with Gasteiger partial charge in [0.15, 0.2) is 0 Å². The van der Waals surface area contributed by atoms with Crippen LogP contribution in [0.3, 0.4) is 0 Å². The Bertz CT molecular complexity index is 3010. The number of fused-ring (bicyclic) bond motifs is 9. The van der Waals surface area contributed by atoms with Gasteiger partial charge in [0.25, 0.3) is 0 Å². The van der Waals surface area contributed by atoms with E-state index in [1.54, 1.807) is 0 Å². The van der Waals surface area contributed by atoms with Gasteiger partial charge in [-0.15, -0.1) is 0 Å². The minimum absolute atomic E-state index is 0.846. The van der Waals surface area contributed by atoms with Gasteiger partial charge in [0.2, 0.25) is 0 Å². The molecule has 0 amide bonds. The molecule has 11 aromatic rings. The van der Waals surface area contributed by atoms with Gasteiger partial charge in [-0.25, -0.2) is 0 Å². The van der Waals surface area contributed by atoms with Crippen molar-refractivity contribution in [3.05, 3.63) is 170 Å². The molecule has 2 heteroatoms. The highest BCUT2D eigenvalue weighted by Gasteiger charge is 2.25. The summed E-state index contributed by atoms with van der Waals surface area (Å²) in [6.07, 6.45) is 0. The molecule has 0 N–H and O–H groups in total. The minimum atomic E-state index is 0.846. The fraction of sp³-hybridized carbons (Fsp3) is 0. The Kier molecular flexibility index (Phi) is 5.70. The summed E-state index contributed by atoms with van der Waals surface area (Å²) in [4.78, 5) is 0. The van der Waals surface area contributed by atoms with Crippen LogP contribution in [0.1, 0.15) is 0 Å². The van der Waals surface area contributed by atoms with Gasteiger partial charge in [0.1, 0.15) is 22.3 Å². The Morgan fingerprint density at radius 2 is 0.740 bits per heavy atom. The smallest absolute Gasteiger partial charge is 0.147 e. The molecule has 0 bridgehead atoms. The molecule has 0 fully saturated rings.